The van der Waals surface area contributed by atoms with Crippen LogP contribution in [0.15, 0.2) is 58.3 Å². The fraction of sp³-hybridized carbons (Fsp3) is 0.370. The van der Waals surface area contributed by atoms with Gasteiger partial charge in [-0.25, -0.2) is 37.3 Å². The van der Waals surface area contributed by atoms with Crippen LogP contribution in [0.25, 0.3) is 0 Å². The summed E-state index contributed by atoms with van der Waals surface area (Å²) >= 11 is 0. The molecular weight excluding hydrogens is 676 g/mol. The number of carboxylic acids is 1. The van der Waals surface area contributed by atoms with Crippen LogP contribution in [0, 0.1) is 0 Å². The molecule has 2 aromatic rings. The van der Waals surface area contributed by atoms with Crippen molar-refractivity contribution in [3.05, 3.63) is 48.5 Å². The van der Waals surface area contributed by atoms with E-state index >= 15 is 0 Å². The fourth-order valence-electron chi connectivity index (χ4n) is 3.83. The highest BCUT2D eigenvalue weighted by Gasteiger charge is 2.21. The van der Waals surface area contributed by atoms with Gasteiger partial charge in [-0.05, 0) is 69.3 Å². The third kappa shape index (κ3) is 15.3. The van der Waals surface area contributed by atoms with Gasteiger partial charge in [0.15, 0.2) is 0 Å². The number of aliphatic carboxylic acids is 1. The molecule has 0 aliphatic heterocycles. The SMILES string of the molecule is CC(C)(C)OC(=O)NNC(=O)CN(CCN(CC(=O)O)CC(=O)Nc1ccc(S(N)(=O)=O)cc1)CC(=O)Nc1ccc(S(N)(=O)=O)cc1. The maximum absolute atomic E-state index is 12.9. The summed E-state index contributed by atoms with van der Waals surface area (Å²) in [6.07, 6.45) is -0.943. The number of rotatable bonds is 15. The Labute approximate surface area is 277 Å². The zero-order valence-corrected chi connectivity index (χ0v) is 27.9. The van der Waals surface area contributed by atoms with Crippen molar-refractivity contribution in [3.8, 4) is 0 Å². The first-order chi connectivity index (χ1) is 22.1. The third-order valence-electron chi connectivity index (χ3n) is 5.83. The number of hydrogen-bond donors (Lipinski definition) is 7. The molecule has 0 saturated carbocycles. The van der Waals surface area contributed by atoms with E-state index in [1.165, 1.54) is 58.3 Å². The number of nitrogens with one attached hydrogen (secondary N) is 4. The standard InChI is InChI=1S/C27H38N8O11S2/c1-27(2,3)46-26(41)33-32-24(38)16-34(14-22(36)30-18-4-8-20(9-5-18)47(28,42)43)12-13-35(17-25(39)40)15-23(37)31-19-6-10-21(11-7-19)48(29,44)45/h4-11H,12-17H2,1-3H3,(H,30,36)(H,31,37)(H,32,38)(H,33,41)(H,39,40)(H2,28,42,43)(H2,29,44,45). The van der Waals surface area contributed by atoms with Crippen molar-refractivity contribution < 1.29 is 50.7 Å². The number of benzene rings is 2. The van der Waals surface area contributed by atoms with Crippen molar-refractivity contribution in [2.75, 3.05) is 49.9 Å². The van der Waals surface area contributed by atoms with E-state index in [4.69, 9.17) is 15.0 Å². The molecule has 9 N–H and O–H groups in total. The lowest BCUT2D eigenvalue weighted by Crippen LogP contribution is -2.50. The topological polar surface area (TPSA) is 290 Å². The van der Waals surface area contributed by atoms with Crippen LogP contribution in [0.1, 0.15) is 20.8 Å². The number of ether oxygens (including phenoxy) is 1. The van der Waals surface area contributed by atoms with Crippen LogP contribution in [-0.4, -0.2) is 106 Å². The molecular formula is C27H38N8O11S2. The molecule has 0 atom stereocenters. The minimum Gasteiger partial charge on any atom is -0.480 e. The highest BCUT2D eigenvalue weighted by molar-refractivity contribution is 7.89. The van der Waals surface area contributed by atoms with Crippen molar-refractivity contribution in [1.82, 2.24) is 20.7 Å². The molecule has 2 aromatic carbocycles. The number of amides is 4. The summed E-state index contributed by atoms with van der Waals surface area (Å²) in [6.45, 7) is 2.65. The molecule has 264 valence electrons. The highest BCUT2D eigenvalue weighted by Crippen LogP contribution is 2.14. The Morgan fingerprint density at radius 2 is 1.04 bits per heavy atom. The van der Waals surface area contributed by atoms with Gasteiger partial charge < -0.3 is 20.5 Å². The van der Waals surface area contributed by atoms with Gasteiger partial charge in [-0.3, -0.25) is 34.4 Å². The molecule has 0 unspecified atom stereocenters. The average Bonchev–Trinajstić information content (AvgIpc) is 2.93. The lowest BCUT2D eigenvalue weighted by Gasteiger charge is -2.26. The summed E-state index contributed by atoms with van der Waals surface area (Å²) in [6, 6.07) is 9.92. The monoisotopic (exact) mass is 714 g/mol. The van der Waals surface area contributed by atoms with Crippen molar-refractivity contribution in [2.24, 2.45) is 10.3 Å². The molecule has 0 heterocycles. The van der Waals surface area contributed by atoms with Crippen LogP contribution >= 0.6 is 0 Å². The number of anilines is 2. The summed E-state index contributed by atoms with van der Waals surface area (Å²) in [5, 5.41) is 24.6. The lowest BCUT2D eigenvalue weighted by molar-refractivity contribution is -0.139. The number of nitrogens with zero attached hydrogens (tertiary/aromatic N) is 2. The smallest absolute Gasteiger partial charge is 0.426 e. The molecule has 0 aliphatic rings. The Morgan fingerprint density at radius 3 is 1.40 bits per heavy atom. The largest absolute Gasteiger partial charge is 0.480 e. The van der Waals surface area contributed by atoms with E-state index in [0.717, 1.165) is 0 Å². The van der Waals surface area contributed by atoms with Gasteiger partial charge in [-0.1, -0.05) is 0 Å². The van der Waals surface area contributed by atoms with E-state index < -0.39 is 81.6 Å². The maximum atomic E-state index is 12.9. The van der Waals surface area contributed by atoms with E-state index in [0.29, 0.717) is 0 Å². The number of sulfonamides is 2. The van der Waals surface area contributed by atoms with Crippen molar-refractivity contribution in [3.63, 3.8) is 0 Å². The van der Waals surface area contributed by atoms with Crippen LogP contribution in [0.4, 0.5) is 16.2 Å². The van der Waals surface area contributed by atoms with Crippen LogP contribution in [0.3, 0.4) is 0 Å². The number of carboxylic acid groups (broad SMARTS) is 1. The lowest BCUT2D eigenvalue weighted by atomic mass is 10.2. The minimum atomic E-state index is -3.97. The van der Waals surface area contributed by atoms with Gasteiger partial charge in [0.2, 0.25) is 31.9 Å². The molecule has 0 aromatic heterocycles. The number of primary sulfonamides is 2. The Hall–Kier alpha value is -4.67. The molecule has 0 saturated heterocycles. The Kier molecular flexibility index (Phi) is 13.9. The molecule has 0 bridgehead atoms. The van der Waals surface area contributed by atoms with Crippen LogP contribution < -0.4 is 31.8 Å². The van der Waals surface area contributed by atoms with E-state index in [1.54, 1.807) is 20.8 Å². The summed E-state index contributed by atoms with van der Waals surface area (Å²) in [5.74, 6) is -3.33. The van der Waals surface area contributed by atoms with E-state index in [-0.39, 0.29) is 34.3 Å². The van der Waals surface area contributed by atoms with Gasteiger partial charge in [0.05, 0.1) is 36.0 Å². The van der Waals surface area contributed by atoms with E-state index in [2.05, 4.69) is 21.5 Å². The second-order valence-corrected chi connectivity index (χ2v) is 14.3. The third-order valence-corrected chi connectivity index (χ3v) is 7.69. The number of carbonyl (C=O) groups is 5. The quantitative estimate of drug-likeness (QED) is 0.107. The number of carbonyl (C=O) groups excluding carboxylic acids is 4. The second kappa shape index (κ2) is 16.9. The normalized spacial score (nSPS) is 11.9. The fourth-order valence-corrected chi connectivity index (χ4v) is 4.86. The van der Waals surface area contributed by atoms with Crippen molar-refractivity contribution in [2.45, 2.75) is 36.2 Å². The summed E-state index contributed by atoms with van der Waals surface area (Å²) in [7, 11) is -7.92. The van der Waals surface area contributed by atoms with Crippen molar-refractivity contribution >= 4 is 61.2 Å². The Bertz CT molecular complexity index is 1690. The zero-order valence-electron chi connectivity index (χ0n) is 26.3. The Balaban J connectivity index is 2.13. The molecule has 21 heteroatoms. The predicted octanol–water partition coefficient (Wildman–Crippen LogP) is -1.20. The highest BCUT2D eigenvalue weighted by atomic mass is 32.2. The molecule has 48 heavy (non-hydrogen) atoms. The number of nitrogens with two attached hydrogens (primary N) is 2. The van der Waals surface area contributed by atoms with Gasteiger partial charge in [0.1, 0.15) is 5.60 Å². The molecule has 19 nitrogen and oxygen atoms in total. The average molecular weight is 715 g/mol. The van der Waals surface area contributed by atoms with Gasteiger partial charge >= 0.3 is 12.1 Å². The van der Waals surface area contributed by atoms with E-state index in [1.807, 2.05) is 0 Å². The van der Waals surface area contributed by atoms with E-state index in [9.17, 15) is 45.9 Å². The van der Waals surface area contributed by atoms with Crippen LogP contribution in [0.5, 0.6) is 0 Å². The number of hydrazine groups is 1. The first kappa shape index (κ1) is 39.5. The molecule has 0 spiro atoms. The summed E-state index contributed by atoms with van der Waals surface area (Å²) in [4.78, 5) is 63.8. The molecule has 2 rings (SSSR count). The summed E-state index contributed by atoms with van der Waals surface area (Å²) < 4.78 is 51.0. The first-order valence-corrected chi connectivity index (χ1v) is 17.0. The minimum absolute atomic E-state index is 0.124. The first-order valence-electron chi connectivity index (χ1n) is 13.9. The van der Waals surface area contributed by atoms with Crippen LogP contribution in [-0.2, 0) is 44.0 Å². The second-order valence-electron chi connectivity index (χ2n) is 11.2. The van der Waals surface area contributed by atoms with Gasteiger partial charge in [0.25, 0.3) is 5.91 Å². The van der Waals surface area contributed by atoms with Gasteiger partial charge in [0, 0.05) is 24.5 Å². The molecule has 0 radical (unpaired) electrons. The maximum Gasteiger partial charge on any atom is 0.426 e. The molecule has 0 fully saturated rings. The van der Waals surface area contributed by atoms with Gasteiger partial charge in [-0.2, -0.15) is 0 Å². The zero-order chi connectivity index (χ0) is 36.3. The predicted molar refractivity (Wildman–Crippen MR) is 171 cm³/mol. The summed E-state index contributed by atoms with van der Waals surface area (Å²) in [5.41, 5.74) is 3.81. The molecule has 0 aliphatic carbocycles. The Morgan fingerprint density at radius 1 is 0.667 bits per heavy atom. The van der Waals surface area contributed by atoms with Gasteiger partial charge in [-0.15, -0.1) is 0 Å². The van der Waals surface area contributed by atoms with Crippen LogP contribution in [0.2, 0.25) is 0 Å². The number of hydrogen-bond acceptors (Lipinski definition) is 12. The van der Waals surface area contributed by atoms with Crippen molar-refractivity contribution in [1.29, 1.82) is 0 Å². The molecule has 4 amide bonds.